The fourth-order valence-electron chi connectivity index (χ4n) is 2.89. The molecule has 2 rings (SSSR count). The van der Waals surface area contributed by atoms with Crippen LogP contribution in [0.5, 0.6) is 0 Å². The van der Waals surface area contributed by atoms with E-state index in [4.69, 9.17) is 0 Å². The van der Waals surface area contributed by atoms with E-state index in [2.05, 4.69) is 10.6 Å². The molecule has 1 aromatic carbocycles. The van der Waals surface area contributed by atoms with E-state index in [0.717, 1.165) is 24.1 Å². The number of carbonyl (C=O) groups is 1. The summed E-state index contributed by atoms with van der Waals surface area (Å²) in [6, 6.07) is 7.79. The SMILES string of the molecule is CC(=O)Nc1ccccc1CNC1(CO)CCCCC1. The predicted molar refractivity (Wildman–Crippen MR) is 80.5 cm³/mol. The van der Waals surface area contributed by atoms with Gasteiger partial charge in [0.1, 0.15) is 0 Å². The zero-order chi connectivity index (χ0) is 14.4. The Balaban J connectivity index is 2.04. The maximum atomic E-state index is 11.2. The normalized spacial score (nSPS) is 17.7. The number of para-hydroxylation sites is 1. The fraction of sp³-hybridized carbons (Fsp3) is 0.562. The summed E-state index contributed by atoms with van der Waals surface area (Å²) in [5.41, 5.74) is 1.75. The maximum absolute atomic E-state index is 11.2. The molecule has 0 bridgehead atoms. The van der Waals surface area contributed by atoms with Crippen LogP contribution in [-0.2, 0) is 11.3 Å². The molecule has 0 spiro atoms. The molecule has 1 aliphatic rings. The molecule has 0 heterocycles. The van der Waals surface area contributed by atoms with E-state index in [1.54, 1.807) is 0 Å². The molecule has 4 nitrogen and oxygen atoms in total. The first kappa shape index (κ1) is 15.0. The number of anilines is 1. The van der Waals surface area contributed by atoms with Crippen molar-refractivity contribution in [2.45, 2.75) is 51.1 Å². The number of hydrogen-bond acceptors (Lipinski definition) is 3. The van der Waals surface area contributed by atoms with Gasteiger partial charge in [-0.2, -0.15) is 0 Å². The van der Waals surface area contributed by atoms with Crippen molar-refractivity contribution in [1.29, 1.82) is 0 Å². The molecule has 20 heavy (non-hydrogen) atoms. The molecule has 3 N–H and O–H groups in total. The summed E-state index contributed by atoms with van der Waals surface area (Å²) < 4.78 is 0. The van der Waals surface area contributed by atoms with Crippen molar-refractivity contribution >= 4 is 11.6 Å². The molecule has 4 heteroatoms. The van der Waals surface area contributed by atoms with Crippen LogP contribution in [0.2, 0.25) is 0 Å². The van der Waals surface area contributed by atoms with Crippen molar-refractivity contribution in [3.05, 3.63) is 29.8 Å². The summed E-state index contributed by atoms with van der Waals surface area (Å²) in [5.74, 6) is -0.0630. The quantitative estimate of drug-likeness (QED) is 0.774. The molecule has 0 unspecified atom stereocenters. The third-order valence-corrected chi connectivity index (χ3v) is 4.10. The second-order valence-corrected chi connectivity index (χ2v) is 5.69. The summed E-state index contributed by atoms with van der Waals surface area (Å²) >= 11 is 0. The fourth-order valence-corrected chi connectivity index (χ4v) is 2.89. The monoisotopic (exact) mass is 276 g/mol. The van der Waals surface area contributed by atoms with Gasteiger partial charge in [-0.25, -0.2) is 0 Å². The number of aliphatic hydroxyl groups excluding tert-OH is 1. The number of hydrogen-bond donors (Lipinski definition) is 3. The van der Waals surface area contributed by atoms with E-state index in [-0.39, 0.29) is 18.1 Å². The molecule has 0 atom stereocenters. The smallest absolute Gasteiger partial charge is 0.221 e. The Bertz CT molecular complexity index is 454. The summed E-state index contributed by atoms with van der Waals surface area (Å²) in [5, 5.41) is 16.1. The van der Waals surface area contributed by atoms with Gasteiger partial charge in [0.15, 0.2) is 0 Å². The third-order valence-electron chi connectivity index (χ3n) is 4.10. The summed E-state index contributed by atoms with van der Waals surface area (Å²) in [7, 11) is 0. The first-order chi connectivity index (χ1) is 9.65. The number of benzene rings is 1. The number of amides is 1. The van der Waals surface area contributed by atoms with Crippen LogP contribution in [0.4, 0.5) is 5.69 Å². The van der Waals surface area contributed by atoms with Gasteiger partial charge in [0.05, 0.1) is 6.61 Å². The van der Waals surface area contributed by atoms with Crippen molar-refractivity contribution < 1.29 is 9.90 Å². The summed E-state index contributed by atoms with van der Waals surface area (Å²) in [4.78, 5) is 11.2. The van der Waals surface area contributed by atoms with Gasteiger partial charge in [-0.1, -0.05) is 37.5 Å². The predicted octanol–water partition coefficient (Wildman–Crippen LogP) is 2.43. The van der Waals surface area contributed by atoms with Crippen LogP contribution in [0, 0.1) is 0 Å². The highest BCUT2D eigenvalue weighted by Gasteiger charge is 2.30. The Morgan fingerprint density at radius 2 is 1.95 bits per heavy atom. The lowest BCUT2D eigenvalue weighted by atomic mass is 9.82. The topological polar surface area (TPSA) is 61.4 Å². The maximum Gasteiger partial charge on any atom is 0.221 e. The molecule has 0 saturated heterocycles. The van der Waals surface area contributed by atoms with Crippen molar-refractivity contribution in [1.82, 2.24) is 5.32 Å². The van der Waals surface area contributed by atoms with E-state index in [9.17, 15) is 9.90 Å². The number of nitrogens with one attached hydrogen (secondary N) is 2. The minimum Gasteiger partial charge on any atom is -0.394 e. The van der Waals surface area contributed by atoms with E-state index in [1.807, 2.05) is 24.3 Å². The minimum atomic E-state index is -0.151. The second kappa shape index (κ2) is 6.86. The highest BCUT2D eigenvalue weighted by Crippen LogP contribution is 2.28. The Labute approximate surface area is 120 Å². The van der Waals surface area contributed by atoms with Gasteiger partial charge in [-0.15, -0.1) is 0 Å². The van der Waals surface area contributed by atoms with Gasteiger partial charge >= 0.3 is 0 Å². The molecular weight excluding hydrogens is 252 g/mol. The van der Waals surface area contributed by atoms with Gasteiger partial charge in [0.25, 0.3) is 0 Å². The largest absolute Gasteiger partial charge is 0.394 e. The van der Waals surface area contributed by atoms with Crippen LogP contribution < -0.4 is 10.6 Å². The Morgan fingerprint density at radius 3 is 2.60 bits per heavy atom. The molecule has 1 saturated carbocycles. The Hall–Kier alpha value is -1.39. The highest BCUT2D eigenvalue weighted by molar-refractivity contribution is 5.89. The highest BCUT2D eigenvalue weighted by atomic mass is 16.3. The van der Waals surface area contributed by atoms with Crippen LogP contribution in [0.15, 0.2) is 24.3 Å². The molecular formula is C16H24N2O2. The van der Waals surface area contributed by atoms with Gasteiger partial charge in [-0.3, -0.25) is 4.79 Å². The molecule has 1 fully saturated rings. The third kappa shape index (κ3) is 3.81. The molecule has 1 amide bonds. The second-order valence-electron chi connectivity index (χ2n) is 5.69. The first-order valence-electron chi connectivity index (χ1n) is 7.37. The summed E-state index contributed by atoms with van der Waals surface area (Å²) in [6.07, 6.45) is 5.63. The van der Waals surface area contributed by atoms with E-state index < -0.39 is 0 Å². The number of rotatable bonds is 5. The van der Waals surface area contributed by atoms with Crippen LogP contribution in [-0.4, -0.2) is 23.2 Å². The molecule has 1 aromatic rings. The lowest BCUT2D eigenvalue weighted by Crippen LogP contribution is -2.49. The molecule has 0 aliphatic heterocycles. The van der Waals surface area contributed by atoms with Crippen molar-refractivity contribution in [2.24, 2.45) is 0 Å². The molecule has 1 aliphatic carbocycles. The van der Waals surface area contributed by atoms with Gasteiger partial charge < -0.3 is 15.7 Å². The Kier molecular flexibility index (Phi) is 5.15. The van der Waals surface area contributed by atoms with Crippen molar-refractivity contribution in [2.75, 3.05) is 11.9 Å². The molecule has 110 valence electrons. The average Bonchev–Trinajstić information content (AvgIpc) is 2.47. The lowest BCUT2D eigenvalue weighted by molar-refractivity contribution is -0.114. The molecule has 0 radical (unpaired) electrons. The minimum absolute atomic E-state index is 0.0630. The first-order valence-corrected chi connectivity index (χ1v) is 7.37. The standard InChI is InChI=1S/C16H24N2O2/c1-13(20)18-15-8-4-3-7-14(15)11-17-16(12-19)9-5-2-6-10-16/h3-4,7-8,17,19H,2,5-6,9-12H2,1H3,(H,18,20). The lowest BCUT2D eigenvalue weighted by Gasteiger charge is -2.37. The van der Waals surface area contributed by atoms with Gasteiger partial charge in [0.2, 0.25) is 5.91 Å². The van der Waals surface area contributed by atoms with Gasteiger partial charge in [-0.05, 0) is 24.5 Å². The summed E-state index contributed by atoms with van der Waals surface area (Å²) in [6.45, 7) is 2.35. The zero-order valence-corrected chi connectivity index (χ0v) is 12.1. The van der Waals surface area contributed by atoms with E-state index >= 15 is 0 Å². The zero-order valence-electron chi connectivity index (χ0n) is 12.1. The van der Waals surface area contributed by atoms with E-state index in [1.165, 1.54) is 26.2 Å². The van der Waals surface area contributed by atoms with Crippen molar-refractivity contribution in [3.63, 3.8) is 0 Å². The number of aliphatic hydroxyl groups is 1. The van der Waals surface area contributed by atoms with Crippen molar-refractivity contribution in [3.8, 4) is 0 Å². The van der Waals surface area contributed by atoms with Gasteiger partial charge in [0, 0.05) is 24.7 Å². The molecule has 0 aromatic heterocycles. The van der Waals surface area contributed by atoms with E-state index in [0.29, 0.717) is 6.54 Å². The van der Waals surface area contributed by atoms with Crippen LogP contribution in [0.25, 0.3) is 0 Å². The van der Waals surface area contributed by atoms with Crippen LogP contribution >= 0.6 is 0 Å². The average molecular weight is 276 g/mol. The van der Waals surface area contributed by atoms with Crippen LogP contribution in [0.3, 0.4) is 0 Å². The Morgan fingerprint density at radius 1 is 1.25 bits per heavy atom. The van der Waals surface area contributed by atoms with Crippen LogP contribution in [0.1, 0.15) is 44.6 Å². The number of carbonyl (C=O) groups excluding carboxylic acids is 1.